The number of imidazole rings is 1. The van der Waals surface area contributed by atoms with Gasteiger partial charge in [-0.15, -0.1) is 0 Å². The maximum atomic E-state index is 12.7. The van der Waals surface area contributed by atoms with E-state index < -0.39 is 0 Å². The Hall–Kier alpha value is -2.81. The summed E-state index contributed by atoms with van der Waals surface area (Å²) in [7, 11) is 0. The first kappa shape index (κ1) is 19.5. The molecular weight excluding hydrogens is 388 g/mol. The van der Waals surface area contributed by atoms with Crippen molar-refractivity contribution in [3.63, 3.8) is 0 Å². The number of hydrogen-bond donors (Lipinski definition) is 1. The minimum Gasteiger partial charge on any atom is -0.351 e. The summed E-state index contributed by atoms with van der Waals surface area (Å²) >= 11 is 1.49. The van der Waals surface area contributed by atoms with Crippen LogP contribution in [0.1, 0.15) is 35.6 Å². The third-order valence-electron chi connectivity index (χ3n) is 5.02. The molecule has 8 nitrogen and oxygen atoms in total. The number of carbonyl (C=O) groups is 1. The van der Waals surface area contributed by atoms with Crippen molar-refractivity contribution < 1.29 is 4.79 Å². The van der Waals surface area contributed by atoms with E-state index in [4.69, 9.17) is 0 Å². The number of aromatic nitrogens is 5. The van der Waals surface area contributed by atoms with Crippen LogP contribution >= 0.6 is 11.8 Å². The fraction of sp³-hybridized carbons (Fsp3) is 0.400. The van der Waals surface area contributed by atoms with Crippen LogP contribution in [0.4, 0.5) is 0 Å². The smallest absolute Gasteiger partial charge is 0.345 e. The second-order valence-electron chi connectivity index (χ2n) is 6.94. The molecule has 0 bridgehead atoms. The van der Waals surface area contributed by atoms with Crippen LogP contribution in [-0.4, -0.2) is 42.6 Å². The molecule has 1 aliphatic heterocycles. The molecule has 1 amide bonds. The first-order valence-electron chi connectivity index (χ1n) is 9.81. The second kappa shape index (κ2) is 8.69. The predicted molar refractivity (Wildman–Crippen MR) is 112 cm³/mol. The van der Waals surface area contributed by atoms with Crippen molar-refractivity contribution >= 4 is 17.7 Å². The summed E-state index contributed by atoms with van der Waals surface area (Å²) in [6.07, 6.45) is 7.15. The van der Waals surface area contributed by atoms with E-state index in [0.717, 1.165) is 42.5 Å². The number of amides is 1. The first-order valence-corrected chi connectivity index (χ1v) is 11.0. The number of benzene rings is 1. The van der Waals surface area contributed by atoms with Gasteiger partial charge in [0.1, 0.15) is 11.5 Å². The maximum Gasteiger partial charge on any atom is 0.345 e. The quantitative estimate of drug-likeness (QED) is 0.474. The number of hydrogen-bond acceptors (Lipinski definition) is 5. The summed E-state index contributed by atoms with van der Waals surface area (Å²) < 4.78 is 5.14. The van der Waals surface area contributed by atoms with Crippen molar-refractivity contribution in [3.05, 3.63) is 58.5 Å². The average Bonchev–Trinajstić information content (AvgIpc) is 3.33. The molecule has 1 N–H and O–H groups in total. The van der Waals surface area contributed by atoms with E-state index in [-0.39, 0.29) is 11.6 Å². The summed E-state index contributed by atoms with van der Waals surface area (Å²) in [6, 6.07) is 9.71. The average molecular weight is 413 g/mol. The second-order valence-corrected chi connectivity index (χ2v) is 7.71. The Morgan fingerprint density at radius 2 is 2.07 bits per heavy atom. The fourth-order valence-electron chi connectivity index (χ4n) is 3.58. The van der Waals surface area contributed by atoms with E-state index in [1.54, 1.807) is 10.8 Å². The highest BCUT2D eigenvalue weighted by molar-refractivity contribution is 7.98. The lowest BCUT2D eigenvalue weighted by Crippen LogP contribution is -2.30. The van der Waals surface area contributed by atoms with Gasteiger partial charge >= 0.3 is 5.69 Å². The number of para-hydroxylation sites is 1. The van der Waals surface area contributed by atoms with Gasteiger partial charge in [-0.1, -0.05) is 30.0 Å². The Bertz CT molecular complexity index is 1050. The number of rotatable bonds is 7. The summed E-state index contributed by atoms with van der Waals surface area (Å²) in [5.74, 6) is 0.694. The van der Waals surface area contributed by atoms with Crippen LogP contribution in [0.3, 0.4) is 0 Å². The van der Waals surface area contributed by atoms with E-state index in [0.29, 0.717) is 25.2 Å². The van der Waals surface area contributed by atoms with E-state index in [1.807, 2.05) is 41.2 Å². The molecule has 9 heteroatoms. The topological polar surface area (TPSA) is 86.7 Å². The largest absolute Gasteiger partial charge is 0.351 e. The SMILES string of the molecule is CSc1ncc(C(=O)NCCCn2nc3n(c2=O)CCCC3)n1-c1ccccc1. The molecule has 3 aromatic rings. The molecule has 4 rings (SSSR count). The molecular formula is C20H24N6O2S. The van der Waals surface area contributed by atoms with Crippen LogP contribution in [-0.2, 0) is 19.5 Å². The van der Waals surface area contributed by atoms with Crippen LogP contribution in [0.25, 0.3) is 5.69 Å². The Morgan fingerprint density at radius 1 is 1.24 bits per heavy atom. The Labute approximate surface area is 172 Å². The van der Waals surface area contributed by atoms with E-state index >= 15 is 0 Å². The number of aryl methyl sites for hydroxylation is 2. The Morgan fingerprint density at radius 3 is 2.83 bits per heavy atom. The lowest BCUT2D eigenvalue weighted by Gasteiger charge is -2.11. The number of nitrogens with one attached hydrogen (secondary N) is 1. The number of fused-ring (bicyclic) bond motifs is 1. The molecule has 29 heavy (non-hydrogen) atoms. The van der Waals surface area contributed by atoms with Crippen molar-refractivity contribution in [1.29, 1.82) is 0 Å². The third kappa shape index (κ3) is 4.00. The summed E-state index contributed by atoms with van der Waals surface area (Å²) in [6.45, 7) is 1.71. The molecule has 0 unspecified atom stereocenters. The van der Waals surface area contributed by atoms with Gasteiger partial charge in [0.25, 0.3) is 5.91 Å². The maximum absolute atomic E-state index is 12.7. The fourth-order valence-corrected chi connectivity index (χ4v) is 4.13. The molecule has 0 fully saturated rings. The monoisotopic (exact) mass is 412 g/mol. The van der Waals surface area contributed by atoms with Gasteiger partial charge in [-0.3, -0.25) is 13.9 Å². The van der Waals surface area contributed by atoms with Gasteiger partial charge < -0.3 is 5.32 Å². The molecule has 0 aliphatic carbocycles. The van der Waals surface area contributed by atoms with Gasteiger partial charge in [0.2, 0.25) is 0 Å². The number of carbonyl (C=O) groups excluding carboxylic acids is 1. The molecule has 0 spiro atoms. The van der Waals surface area contributed by atoms with Crippen molar-refractivity contribution in [2.24, 2.45) is 0 Å². The molecule has 152 valence electrons. The number of nitrogens with zero attached hydrogens (tertiary/aromatic N) is 5. The van der Waals surface area contributed by atoms with Crippen LogP contribution in [0, 0.1) is 0 Å². The molecule has 0 atom stereocenters. The zero-order chi connectivity index (χ0) is 20.2. The van der Waals surface area contributed by atoms with E-state index in [9.17, 15) is 9.59 Å². The summed E-state index contributed by atoms with van der Waals surface area (Å²) in [4.78, 5) is 29.5. The minimum atomic E-state index is -0.182. The highest BCUT2D eigenvalue weighted by Crippen LogP contribution is 2.21. The molecule has 1 aromatic carbocycles. The predicted octanol–water partition coefficient (Wildman–Crippen LogP) is 2.11. The summed E-state index contributed by atoms with van der Waals surface area (Å²) in [5.41, 5.74) is 1.35. The molecule has 0 saturated heterocycles. The van der Waals surface area contributed by atoms with Crippen molar-refractivity contribution in [1.82, 2.24) is 29.2 Å². The van der Waals surface area contributed by atoms with Gasteiger partial charge in [0.15, 0.2) is 5.16 Å². The van der Waals surface area contributed by atoms with E-state index in [1.165, 1.54) is 16.4 Å². The van der Waals surface area contributed by atoms with Gasteiger partial charge in [-0.05, 0) is 37.7 Å². The minimum absolute atomic E-state index is 0.0437. The van der Waals surface area contributed by atoms with Gasteiger partial charge in [0, 0.05) is 31.7 Å². The highest BCUT2D eigenvalue weighted by Gasteiger charge is 2.18. The molecule has 3 heterocycles. The standard InChI is InChI=1S/C20H24N6O2S/c1-29-19-22-14-16(26(19)15-8-3-2-4-9-15)18(27)21-11-7-13-25-20(28)24-12-6-5-10-17(24)23-25/h2-4,8-9,14H,5-7,10-13H2,1H3,(H,21,27). The zero-order valence-electron chi connectivity index (χ0n) is 16.4. The first-order chi connectivity index (χ1) is 14.2. The lowest BCUT2D eigenvalue weighted by molar-refractivity contribution is 0.0945. The van der Waals surface area contributed by atoms with Gasteiger partial charge in [-0.25, -0.2) is 14.5 Å². The van der Waals surface area contributed by atoms with Crippen LogP contribution < -0.4 is 11.0 Å². The van der Waals surface area contributed by atoms with Crippen LogP contribution in [0.15, 0.2) is 46.5 Å². The highest BCUT2D eigenvalue weighted by atomic mass is 32.2. The van der Waals surface area contributed by atoms with Gasteiger partial charge in [-0.2, -0.15) is 5.10 Å². The van der Waals surface area contributed by atoms with E-state index in [2.05, 4.69) is 15.4 Å². The van der Waals surface area contributed by atoms with Crippen LogP contribution in [0.5, 0.6) is 0 Å². The van der Waals surface area contributed by atoms with Crippen molar-refractivity contribution in [2.45, 2.75) is 43.9 Å². The van der Waals surface area contributed by atoms with Gasteiger partial charge in [0.05, 0.1) is 6.20 Å². The van der Waals surface area contributed by atoms with Crippen molar-refractivity contribution in [3.8, 4) is 5.69 Å². The van der Waals surface area contributed by atoms with Crippen LogP contribution in [0.2, 0.25) is 0 Å². The molecule has 0 saturated carbocycles. The van der Waals surface area contributed by atoms with Crippen molar-refractivity contribution in [2.75, 3.05) is 12.8 Å². The molecule has 0 radical (unpaired) electrons. The number of thioether (sulfide) groups is 1. The molecule has 2 aromatic heterocycles. The third-order valence-corrected chi connectivity index (χ3v) is 5.68. The normalized spacial score (nSPS) is 13.3. The summed E-state index contributed by atoms with van der Waals surface area (Å²) in [5, 5.41) is 8.13. The lowest BCUT2D eigenvalue weighted by atomic mass is 10.2. The Balaban J connectivity index is 1.39. The Kier molecular flexibility index (Phi) is 5.84. The zero-order valence-corrected chi connectivity index (χ0v) is 17.2. The molecule has 1 aliphatic rings.